The third-order valence-electron chi connectivity index (χ3n) is 3.16. The Hall–Kier alpha value is -0.520. The van der Waals surface area contributed by atoms with Crippen LogP contribution in [-0.2, 0) is 4.74 Å². The zero-order valence-electron chi connectivity index (χ0n) is 11.4. The SMILES string of the molecule is CC1(CNCC(O)COc2ccc(Cl)cc2Cl)COC1. The van der Waals surface area contributed by atoms with Crippen LogP contribution in [0.25, 0.3) is 0 Å². The molecule has 0 aromatic heterocycles. The molecule has 1 unspecified atom stereocenters. The van der Waals surface area contributed by atoms with Gasteiger partial charge in [0.2, 0.25) is 0 Å². The van der Waals surface area contributed by atoms with Crippen LogP contribution in [0.15, 0.2) is 18.2 Å². The highest BCUT2D eigenvalue weighted by Crippen LogP contribution is 2.27. The molecule has 4 nitrogen and oxygen atoms in total. The number of nitrogens with one attached hydrogen (secondary N) is 1. The normalized spacial score (nSPS) is 18.4. The van der Waals surface area contributed by atoms with Gasteiger partial charge in [-0.25, -0.2) is 0 Å². The third kappa shape index (κ3) is 4.50. The van der Waals surface area contributed by atoms with Gasteiger partial charge in [-0.1, -0.05) is 30.1 Å². The largest absolute Gasteiger partial charge is 0.489 e. The van der Waals surface area contributed by atoms with E-state index in [2.05, 4.69) is 12.2 Å². The lowest BCUT2D eigenvalue weighted by molar-refractivity contribution is -0.0997. The maximum absolute atomic E-state index is 9.86. The lowest BCUT2D eigenvalue weighted by Gasteiger charge is -2.38. The first-order valence-corrected chi connectivity index (χ1v) is 7.28. The molecule has 1 aromatic carbocycles. The van der Waals surface area contributed by atoms with Crippen molar-refractivity contribution in [2.24, 2.45) is 5.41 Å². The van der Waals surface area contributed by atoms with Crippen molar-refractivity contribution in [1.82, 2.24) is 5.32 Å². The first-order valence-electron chi connectivity index (χ1n) is 6.53. The molecule has 0 aliphatic carbocycles. The molecule has 0 amide bonds. The van der Waals surface area contributed by atoms with Crippen LogP contribution in [0, 0.1) is 5.41 Å². The van der Waals surface area contributed by atoms with Crippen LogP contribution < -0.4 is 10.1 Å². The average molecular weight is 320 g/mol. The Balaban J connectivity index is 1.67. The Morgan fingerprint density at radius 3 is 2.80 bits per heavy atom. The molecule has 0 saturated carbocycles. The zero-order chi connectivity index (χ0) is 14.6. The summed E-state index contributed by atoms with van der Waals surface area (Å²) in [5.41, 5.74) is 0.195. The van der Waals surface area contributed by atoms with Gasteiger partial charge in [0.15, 0.2) is 0 Å². The molecule has 1 fully saturated rings. The number of rotatable bonds is 7. The summed E-state index contributed by atoms with van der Waals surface area (Å²) in [7, 11) is 0. The van der Waals surface area contributed by atoms with Crippen molar-refractivity contribution in [2.45, 2.75) is 13.0 Å². The van der Waals surface area contributed by atoms with Gasteiger partial charge in [-0.2, -0.15) is 0 Å². The molecular formula is C14H19Cl2NO3. The number of aliphatic hydroxyl groups is 1. The van der Waals surface area contributed by atoms with Gasteiger partial charge in [0, 0.05) is 23.5 Å². The van der Waals surface area contributed by atoms with Crippen LogP contribution in [0.1, 0.15) is 6.92 Å². The molecule has 0 radical (unpaired) electrons. The molecule has 1 heterocycles. The van der Waals surface area contributed by atoms with E-state index in [1.165, 1.54) is 0 Å². The topological polar surface area (TPSA) is 50.7 Å². The Labute approximate surface area is 129 Å². The second-order valence-corrected chi connectivity index (χ2v) is 6.32. The maximum atomic E-state index is 9.86. The van der Waals surface area contributed by atoms with Crippen LogP contribution in [0.3, 0.4) is 0 Å². The number of benzene rings is 1. The van der Waals surface area contributed by atoms with Crippen molar-refractivity contribution in [3.63, 3.8) is 0 Å². The minimum absolute atomic E-state index is 0.182. The molecule has 1 aromatic rings. The van der Waals surface area contributed by atoms with Gasteiger partial charge in [0.05, 0.1) is 18.2 Å². The number of hydrogen-bond donors (Lipinski definition) is 2. The van der Waals surface area contributed by atoms with E-state index in [9.17, 15) is 5.11 Å². The standard InChI is InChI=1S/C14H19Cl2NO3/c1-14(8-19-9-14)7-17-5-11(18)6-20-13-3-2-10(15)4-12(13)16/h2-4,11,17-18H,5-9H2,1H3. The van der Waals surface area contributed by atoms with E-state index < -0.39 is 6.10 Å². The summed E-state index contributed by atoms with van der Waals surface area (Å²) in [6.45, 7) is 5.17. The Bertz CT molecular complexity index is 452. The van der Waals surface area contributed by atoms with Crippen LogP contribution in [-0.4, -0.2) is 44.1 Å². The Morgan fingerprint density at radius 2 is 2.20 bits per heavy atom. The summed E-state index contributed by atoms with van der Waals surface area (Å²) in [6, 6.07) is 5.00. The lowest BCUT2D eigenvalue weighted by Crippen LogP contribution is -2.48. The summed E-state index contributed by atoms with van der Waals surface area (Å²) in [5.74, 6) is 0.523. The number of halogens is 2. The molecular weight excluding hydrogens is 301 g/mol. The highest BCUT2D eigenvalue weighted by Gasteiger charge is 2.32. The highest BCUT2D eigenvalue weighted by molar-refractivity contribution is 6.35. The molecule has 0 spiro atoms. The van der Waals surface area contributed by atoms with Crippen molar-refractivity contribution < 1.29 is 14.6 Å². The fourth-order valence-electron chi connectivity index (χ4n) is 1.93. The van der Waals surface area contributed by atoms with Crippen molar-refractivity contribution in [2.75, 3.05) is 32.9 Å². The predicted molar refractivity (Wildman–Crippen MR) is 79.8 cm³/mol. The van der Waals surface area contributed by atoms with Crippen molar-refractivity contribution in [3.8, 4) is 5.75 Å². The summed E-state index contributed by atoms with van der Waals surface area (Å²) in [5, 5.41) is 14.1. The first kappa shape index (κ1) is 15.9. The average Bonchev–Trinajstić information content (AvgIpc) is 2.35. The molecule has 20 heavy (non-hydrogen) atoms. The van der Waals surface area contributed by atoms with E-state index in [0.717, 1.165) is 19.8 Å². The monoisotopic (exact) mass is 319 g/mol. The molecule has 1 aliphatic heterocycles. The van der Waals surface area contributed by atoms with E-state index in [-0.39, 0.29) is 12.0 Å². The minimum Gasteiger partial charge on any atom is -0.489 e. The Kier molecular flexibility index (Phi) is 5.52. The summed E-state index contributed by atoms with van der Waals surface area (Å²) >= 11 is 11.8. The van der Waals surface area contributed by atoms with Gasteiger partial charge in [0.1, 0.15) is 18.5 Å². The number of aliphatic hydroxyl groups excluding tert-OH is 1. The molecule has 0 bridgehead atoms. The van der Waals surface area contributed by atoms with Gasteiger partial charge < -0.3 is 19.9 Å². The van der Waals surface area contributed by atoms with Crippen LogP contribution in [0.2, 0.25) is 10.0 Å². The van der Waals surface area contributed by atoms with Gasteiger partial charge in [-0.05, 0) is 18.2 Å². The molecule has 6 heteroatoms. The second-order valence-electron chi connectivity index (χ2n) is 5.47. The Morgan fingerprint density at radius 1 is 1.45 bits per heavy atom. The summed E-state index contributed by atoms with van der Waals surface area (Å²) < 4.78 is 10.6. The van der Waals surface area contributed by atoms with E-state index in [1.54, 1.807) is 18.2 Å². The molecule has 112 valence electrons. The lowest BCUT2D eigenvalue weighted by atomic mass is 9.89. The quantitative estimate of drug-likeness (QED) is 0.810. The summed E-state index contributed by atoms with van der Waals surface area (Å²) in [6.07, 6.45) is -0.591. The van der Waals surface area contributed by atoms with Gasteiger partial charge in [-0.15, -0.1) is 0 Å². The smallest absolute Gasteiger partial charge is 0.138 e. The highest BCUT2D eigenvalue weighted by atomic mass is 35.5. The molecule has 1 saturated heterocycles. The van der Waals surface area contributed by atoms with E-state index >= 15 is 0 Å². The fourth-order valence-corrected chi connectivity index (χ4v) is 2.39. The zero-order valence-corrected chi connectivity index (χ0v) is 12.9. The first-order chi connectivity index (χ1) is 9.48. The van der Waals surface area contributed by atoms with Crippen LogP contribution in [0.5, 0.6) is 5.75 Å². The fraction of sp³-hybridized carbons (Fsp3) is 0.571. The third-order valence-corrected chi connectivity index (χ3v) is 3.69. The molecule has 2 N–H and O–H groups in total. The van der Waals surface area contributed by atoms with E-state index in [1.807, 2.05) is 0 Å². The predicted octanol–water partition coefficient (Wildman–Crippen LogP) is 2.36. The molecule has 1 atom stereocenters. The van der Waals surface area contributed by atoms with Crippen molar-refractivity contribution in [3.05, 3.63) is 28.2 Å². The maximum Gasteiger partial charge on any atom is 0.138 e. The van der Waals surface area contributed by atoms with E-state index in [0.29, 0.717) is 22.3 Å². The summed E-state index contributed by atoms with van der Waals surface area (Å²) in [4.78, 5) is 0. The van der Waals surface area contributed by atoms with Gasteiger partial charge in [-0.3, -0.25) is 0 Å². The van der Waals surface area contributed by atoms with Gasteiger partial charge in [0.25, 0.3) is 0 Å². The van der Waals surface area contributed by atoms with E-state index in [4.69, 9.17) is 32.7 Å². The van der Waals surface area contributed by atoms with Gasteiger partial charge >= 0.3 is 0 Å². The van der Waals surface area contributed by atoms with Crippen LogP contribution in [0.4, 0.5) is 0 Å². The van der Waals surface area contributed by atoms with Crippen molar-refractivity contribution >= 4 is 23.2 Å². The number of ether oxygens (including phenoxy) is 2. The molecule has 1 aliphatic rings. The van der Waals surface area contributed by atoms with Crippen molar-refractivity contribution in [1.29, 1.82) is 0 Å². The molecule has 2 rings (SSSR count). The minimum atomic E-state index is -0.591. The number of hydrogen-bond acceptors (Lipinski definition) is 4. The second kappa shape index (κ2) is 6.96. The van der Waals surface area contributed by atoms with Crippen LogP contribution >= 0.6 is 23.2 Å².